The van der Waals surface area contributed by atoms with Crippen LogP contribution in [0.4, 0.5) is 0 Å². The van der Waals surface area contributed by atoms with Gasteiger partial charge in [-0.3, -0.25) is 9.36 Å². The SMILES string of the molecule is CC(C)c1cc(-c2nnc(C(N)=O)n2Cc2ccc(C(C)O)cc2)c(O)cc1O. The highest BCUT2D eigenvalue weighted by Crippen LogP contribution is 2.37. The quantitative estimate of drug-likeness (QED) is 0.506. The Morgan fingerprint density at radius 2 is 1.72 bits per heavy atom. The number of carbonyl (C=O) groups excluding carboxylic acids is 1. The van der Waals surface area contributed by atoms with Crippen LogP contribution in [0.15, 0.2) is 36.4 Å². The molecule has 0 spiro atoms. The van der Waals surface area contributed by atoms with Gasteiger partial charge in [0.1, 0.15) is 11.5 Å². The van der Waals surface area contributed by atoms with Crippen LogP contribution in [0.5, 0.6) is 11.5 Å². The Labute approximate surface area is 168 Å². The normalized spacial score (nSPS) is 12.3. The molecule has 8 nitrogen and oxygen atoms in total. The zero-order valence-electron chi connectivity index (χ0n) is 16.5. The van der Waals surface area contributed by atoms with Gasteiger partial charge in [0, 0.05) is 6.07 Å². The van der Waals surface area contributed by atoms with Crippen molar-refractivity contribution in [2.24, 2.45) is 5.73 Å². The Morgan fingerprint density at radius 1 is 1.07 bits per heavy atom. The summed E-state index contributed by atoms with van der Waals surface area (Å²) in [6.07, 6.45) is -0.584. The molecular formula is C21H24N4O4. The molecule has 1 amide bonds. The summed E-state index contributed by atoms with van der Waals surface area (Å²) in [5, 5.41) is 38.1. The monoisotopic (exact) mass is 396 g/mol. The van der Waals surface area contributed by atoms with E-state index in [1.54, 1.807) is 25.1 Å². The molecule has 0 saturated heterocycles. The summed E-state index contributed by atoms with van der Waals surface area (Å²) in [6, 6.07) is 10.1. The van der Waals surface area contributed by atoms with Gasteiger partial charge in [-0.1, -0.05) is 38.1 Å². The third-order valence-electron chi connectivity index (χ3n) is 4.78. The summed E-state index contributed by atoms with van der Waals surface area (Å²) in [7, 11) is 0. The van der Waals surface area contributed by atoms with E-state index in [-0.39, 0.29) is 35.6 Å². The predicted molar refractivity (Wildman–Crippen MR) is 108 cm³/mol. The summed E-state index contributed by atoms with van der Waals surface area (Å²) in [4.78, 5) is 11.9. The van der Waals surface area contributed by atoms with Gasteiger partial charge in [0.05, 0.1) is 18.2 Å². The van der Waals surface area contributed by atoms with Crippen LogP contribution in [0.2, 0.25) is 0 Å². The minimum atomic E-state index is -0.744. The fourth-order valence-corrected chi connectivity index (χ4v) is 3.15. The molecule has 0 aliphatic rings. The highest BCUT2D eigenvalue weighted by atomic mass is 16.3. The number of aliphatic hydroxyl groups excluding tert-OH is 1. The van der Waals surface area contributed by atoms with Crippen molar-refractivity contribution >= 4 is 5.91 Å². The maximum Gasteiger partial charge on any atom is 0.286 e. The van der Waals surface area contributed by atoms with Crippen LogP contribution in [-0.2, 0) is 6.54 Å². The molecule has 0 aliphatic heterocycles. The second-order valence-electron chi connectivity index (χ2n) is 7.30. The number of phenols is 2. The first kappa shape index (κ1) is 20.3. The topological polar surface area (TPSA) is 134 Å². The average Bonchev–Trinajstić information content (AvgIpc) is 3.05. The Hall–Kier alpha value is -3.39. The van der Waals surface area contributed by atoms with Gasteiger partial charge in [0.2, 0.25) is 5.82 Å². The molecule has 0 radical (unpaired) electrons. The Morgan fingerprint density at radius 3 is 2.28 bits per heavy atom. The number of hydrogen-bond acceptors (Lipinski definition) is 6. The van der Waals surface area contributed by atoms with Crippen LogP contribution < -0.4 is 5.73 Å². The highest BCUT2D eigenvalue weighted by molar-refractivity contribution is 5.90. The molecule has 0 fully saturated rings. The number of aromatic nitrogens is 3. The number of hydrogen-bond donors (Lipinski definition) is 4. The molecule has 152 valence electrons. The van der Waals surface area contributed by atoms with Crippen molar-refractivity contribution in [3.8, 4) is 22.9 Å². The lowest BCUT2D eigenvalue weighted by atomic mass is 9.98. The second kappa shape index (κ2) is 7.92. The molecular weight excluding hydrogens is 372 g/mol. The molecule has 3 rings (SSSR count). The average molecular weight is 396 g/mol. The Kier molecular flexibility index (Phi) is 5.56. The molecule has 0 aliphatic carbocycles. The number of aromatic hydroxyl groups is 2. The largest absolute Gasteiger partial charge is 0.508 e. The number of phenolic OH excluding ortho intramolecular Hbond substituents is 2. The number of primary amides is 1. The van der Waals surface area contributed by atoms with Crippen LogP contribution in [0.1, 0.15) is 60.1 Å². The Balaban J connectivity index is 2.10. The van der Waals surface area contributed by atoms with E-state index in [1.807, 2.05) is 26.0 Å². The summed E-state index contributed by atoms with van der Waals surface area (Å²) in [6.45, 7) is 5.74. The van der Waals surface area contributed by atoms with E-state index in [2.05, 4.69) is 10.2 Å². The number of carbonyl (C=O) groups is 1. The third kappa shape index (κ3) is 4.07. The zero-order chi connectivity index (χ0) is 21.3. The van der Waals surface area contributed by atoms with E-state index >= 15 is 0 Å². The van der Waals surface area contributed by atoms with Gasteiger partial charge >= 0.3 is 0 Å². The van der Waals surface area contributed by atoms with Gasteiger partial charge in [-0.05, 0) is 35.6 Å². The lowest BCUT2D eigenvalue weighted by molar-refractivity contribution is 0.0986. The van der Waals surface area contributed by atoms with E-state index in [9.17, 15) is 20.1 Å². The first-order chi connectivity index (χ1) is 13.7. The lowest BCUT2D eigenvalue weighted by Crippen LogP contribution is -2.19. The molecule has 2 aromatic carbocycles. The molecule has 29 heavy (non-hydrogen) atoms. The summed E-state index contributed by atoms with van der Waals surface area (Å²) in [5.41, 5.74) is 8.04. The van der Waals surface area contributed by atoms with Crippen LogP contribution in [-0.4, -0.2) is 36.0 Å². The predicted octanol–water partition coefficient (Wildman–Crippen LogP) is 2.68. The van der Waals surface area contributed by atoms with Crippen molar-refractivity contribution < 1.29 is 20.1 Å². The summed E-state index contributed by atoms with van der Waals surface area (Å²) in [5.74, 6) is -0.714. The van der Waals surface area contributed by atoms with Gasteiger partial charge in [-0.2, -0.15) is 0 Å². The van der Waals surface area contributed by atoms with Crippen LogP contribution in [0, 0.1) is 0 Å². The van der Waals surface area contributed by atoms with Gasteiger partial charge < -0.3 is 21.1 Å². The van der Waals surface area contributed by atoms with Crippen LogP contribution >= 0.6 is 0 Å². The lowest BCUT2D eigenvalue weighted by Gasteiger charge is -2.14. The molecule has 1 heterocycles. The fraction of sp³-hybridized carbons (Fsp3) is 0.286. The summed E-state index contributed by atoms with van der Waals surface area (Å²) >= 11 is 0. The van der Waals surface area contributed by atoms with Gasteiger partial charge in [0.25, 0.3) is 5.91 Å². The number of nitrogens with two attached hydrogens (primary N) is 1. The molecule has 8 heteroatoms. The van der Waals surface area contributed by atoms with Crippen molar-refractivity contribution in [3.63, 3.8) is 0 Å². The molecule has 0 saturated carbocycles. The number of nitrogens with zero attached hydrogens (tertiary/aromatic N) is 3. The van der Waals surface area contributed by atoms with Crippen molar-refractivity contribution in [1.29, 1.82) is 0 Å². The van der Waals surface area contributed by atoms with Gasteiger partial charge in [-0.15, -0.1) is 10.2 Å². The minimum absolute atomic E-state index is 0.00866. The maximum absolute atomic E-state index is 11.9. The van der Waals surface area contributed by atoms with Crippen molar-refractivity contribution in [3.05, 3.63) is 58.9 Å². The third-order valence-corrected chi connectivity index (χ3v) is 4.78. The van der Waals surface area contributed by atoms with Crippen LogP contribution in [0.3, 0.4) is 0 Å². The van der Waals surface area contributed by atoms with E-state index in [0.717, 1.165) is 11.1 Å². The molecule has 1 aromatic heterocycles. The van der Waals surface area contributed by atoms with Gasteiger partial charge in [-0.25, -0.2) is 0 Å². The van der Waals surface area contributed by atoms with Crippen molar-refractivity contribution in [1.82, 2.24) is 14.8 Å². The molecule has 5 N–H and O–H groups in total. The van der Waals surface area contributed by atoms with Crippen molar-refractivity contribution in [2.75, 3.05) is 0 Å². The summed E-state index contributed by atoms with van der Waals surface area (Å²) < 4.78 is 1.52. The molecule has 3 aromatic rings. The smallest absolute Gasteiger partial charge is 0.286 e. The zero-order valence-corrected chi connectivity index (χ0v) is 16.5. The number of rotatable bonds is 6. The van der Waals surface area contributed by atoms with Gasteiger partial charge in [0.15, 0.2) is 5.82 Å². The fourth-order valence-electron chi connectivity index (χ4n) is 3.15. The van der Waals surface area contributed by atoms with E-state index in [1.165, 1.54) is 10.6 Å². The molecule has 1 unspecified atom stereocenters. The van der Waals surface area contributed by atoms with Crippen molar-refractivity contribution in [2.45, 2.75) is 39.3 Å². The highest BCUT2D eigenvalue weighted by Gasteiger charge is 2.22. The molecule has 0 bridgehead atoms. The standard InChI is InChI=1S/C21H24N4O4/c1-11(2)15-8-16(18(28)9-17(15)27)20-23-24-21(19(22)29)25(20)10-13-4-6-14(7-5-13)12(3)26/h4-9,11-12,26-28H,10H2,1-3H3,(H2,22,29). The first-order valence-corrected chi connectivity index (χ1v) is 9.25. The Bertz CT molecular complexity index is 1040. The van der Waals surface area contributed by atoms with Crippen LogP contribution in [0.25, 0.3) is 11.4 Å². The van der Waals surface area contributed by atoms with E-state index < -0.39 is 12.0 Å². The maximum atomic E-state index is 11.9. The second-order valence-corrected chi connectivity index (χ2v) is 7.30. The molecule has 1 atom stereocenters. The van der Waals surface area contributed by atoms with E-state index in [4.69, 9.17) is 5.73 Å². The number of amides is 1. The first-order valence-electron chi connectivity index (χ1n) is 9.25. The minimum Gasteiger partial charge on any atom is -0.508 e. The van der Waals surface area contributed by atoms with E-state index in [0.29, 0.717) is 11.1 Å². The number of aliphatic hydroxyl groups is 1. The number of benzene rings is 2.